The molecule has 2 aliphatic heterocycles. The van der Waals surface area contributed by atoms with Gasteiger partial charge in [-0.15, -0.1) is 0 Å². The second-order valence-electron chi connectivity index (χ2n) is 6.50. The fraction of sp³-hybridized carbons (Fsp3) is 0.211. The van der Waals surface area contributed by atoms with E-state index in [0.29, 0.717) is 26.9 Å². The number of aryl methyl sites for hydroxylation is 1. The lowest BCUT2D eigenvalue weighted by Crippen LogP contribution is -2.34. The molecule has 0 aliphatic carbocycles. The van der Waals surface area contributed by atoms with Gasteiger partial charge in [0.1, 0.15) is 5.69 Å². The second-order valence-corrected chi connectivity index (χ2v) is 6.91. The van der Waals surface area contributed by atoms with Gasteiger partial charge in [-0.25, -0.2) is 4.98 Å². The van der Waals surface area contributed by atoms with E-state index in [9.17, 15) is 18.1 Å². The van der Waals surface area contributed by atoms with Gasteiger partial charge in [-0.3, -0.25) is 4.98 Å². The summed E-state index contributed by atoms with van der Waals surface area (Å²) >= 11 is 6.35. The van der Waals surface area contributed by atoms with Gasteiger partial charge in [0.25, 0.3) is 0 Å². The maximum absolute atomic E-state index is 12.8. The van der Waals surface area contributed by atoms with E-state index in [2.05, 4.69) is 15.0 Å². The van der Waals surface area contributed by atoms with Crippen molar-refractivity contribution >= 4 is 23.0 Å². The van der Waals surface area contributed by atoms with Gasteiger partial charge < -0.3 is 0 Å². The minimum Gasteiger partial charge on any atom is -0.265 e. The Morgan fingerprint density at radius 1 is 1.21 bits per heavy atom. The van der Waals surface area contributed by atoms with Crippen LogP contribution in [0.25, 0.3) is 5.57 Å². The molecule has 0 spiro atoms. The van der Waals surface area contributed by atoms with Crippen LogP contribution < -0.4 is 0 Å². The average Bonchev–Trinajstić information content (AvgIpc) is 2.98. The Hall–Kier alpha value is -3.07. The van der Waals surface area contributed by atoms with Crippen LogP contribution in [-0.2, 0) is 12.6 Å². The van der Waals surface area contributed by atoms with Crippen LogP contribution in [0, 0.1) is 11.8 Å². The molecule has 2 aromatic rings. The molecule has 1 atom stereocenters. The van der Waals surface area contributed by atoms with Crippen LogP contribution in [0.5, 0.6) is 0 Å². The number of hydrogen-bond acceptors (Lipinski definition) is 4. The highest BCUT2D eigenvalue weighted by atomic mass is 35.5. The number of hydrogen-bond donors (Lipinski definition) is 0. The van der Waals surface area contributed by atoms with Crippen LogP contribution in [0.1, 0.15) is 22.5 Å². The number of nitrogens with zero attached hydrogens (tertiary/aromatic N) is 5. The summed E-state index contributed by atoms with van der Waals surface area (Å²) in [6.45, 7) is 1.48. The molecule has 10 heteroatoms. The van der Waals surface area contributed by atoms with Crippen LogP contribution in [0.2, 0.25) is 0 Å². The third-order valence-electron chi connectivity index (χ3n) is 4.64. The predicted octanol–water partition coefficient (Wildman–Crippen LogP) is 4.26. The van der Waals surface area contributed by atoms with E-state index < -0.39 is 18.0 Å². The van der Waals surface area contributed by atoms with Crippen LogP contribution in [-0.4, -0.2) is 31.8 Å². The molecule has 6 nitrogen and oxygen atoms in total. The molecule has 4 rings (SSSR count). The number of pyridine rings is 2. The maximum atomic E-state index is 12.8. The molecule has 1 unspecified atom stereocenters. The van der Waals surface area contributed by atoms with E-state index in [-0.39, 0.29) is 12.1 Å². The van der Waals surface area contributed by atoms with E-state index in [1.807, 2.05) is 0 Å². The smallest absolute Gasteiger partial charge is 0.265 e. The molecule has 2 aromatic heterocycles. The molecule has 0 N–H and O–H groups in total. The Balaban J connectivity index is 1.66. The number of rotatable bonds is 3. The number of hydrazine groups is 1. The van der Waals surface area contributed by atoms with Gasteiger partial charge in [0.2, 0.25) is 5.84 Å². The Labute approximate surface area is 168 Å². The first kappa shape index (κ1) is 19.3. The van der Waals surface area contributed by atoms with Gasteiger partial charge in [-0.1, -0.05) is 22.7 Å². The highest BCUT2D eigenvalue weighted by Gasteiger charge is 2.45. The predicted molar refractivity (Wildman–Crippen MR) is 101 cm³/mol. The van der Waals surface area contributed by atoms with Crippen molar-refractivity contribution in [3.05, 3.63) is 81.4 Å². The number of alkyl halides is 3. The number of aromatic nitrogens is 2. The molecule has 4 heterocycles. The van der Waals surface area contributed by atoms with E-state index in [1.165, 1.54) is 24.2 Å². The Bertz CT molecular complexity index is 1080. The molecule has 0 amide bonds. The summed E-state index contributed by atoms with van der Waals surface area (Å²) in [7, 11) is 0. The average molecular weight is 421 g/mol. The highest BCUT2D eigenvalue weighted by Crippen LogP contribution is 2.34. The third kappa shape index (κ3) is 3.53. The van der Waals surface area contributed by atoms with Crippen molar-refractivity contribution in [3.8, 4) is 0 Å². The summed E-state index contributed by atoms with van der Waals surface area (Å²) in [5.74, 6) is 0.376. The summed E-state index contributed by atoms with van der Waals surface area (Å²) < 4.78 is 38.5. The standard InChI is InChI=1S/C19H14ClF3N5O/c1-11-13(2-3-15(25-11)19(21,22)23)10-16-26-18-17(12-4-7-24-8-5-12)14(20)6-9-27(18)28(16)29/h2-9,16H,10H2,1H3/q+1. The van der Waals surface area contributed by atoms with Crippen LogP contribution in [0.4, 0.5) is 13.2 Å². The minimum atomic E-state index is -4.52. The minimum absolute atomic E-state index is 0.107. The van der Waals surface area contributed by atoms with Crippen molar-refractivity contribution in [2.75, 3.05) is 0 Å². The van der Waals surface area contributed by atoms with Crippen molar-refractivity contribution in [3.63, 3.8) is 0 Å². The number of fused-ring (bicyclic) bond motifs is 1. The first-order chi connectivity index (χ1) is 13.8. The van der Waals surface area contributed by atoms with Crippen LogP contribution in [0.15, 0.2) is 59.0 Å². The maximum Gasteiger partial charge on any atom is 0.433 e. The summed E-state index contributed by atoms with van der Waals surface area (Å²) in [6.07, 6.45) is 1.04. The Morgan fingerprint density at radius 3 is 2.59 bits per heavy atom. The monoisotopic (exact) mass is 420 g/mol. The first-order valence-electron chi connectivity index (χ1n) is 8.61. The van der Waals surface area contributed by atoms with E-state index in [1.54, 1.807) is 30.6 Å². The summed E-state index contributed by atoms with van der Waals surface area (Å²) in [5.41, 5.74) is 1.08. The molecule has 0 aromatic carbocycles. The van der Waals surface area contributed by atoms with Gasteiger partial charge in [0.05, 0.1) is 22.6 Å². The lowest BCUT2D eigenvalue weighted by atomic mass is 10.0. The number of allylic oxidation sites excluding steroid dienone is 2. The van der Waals surface area contributed by atoms with Crippen molar-refractivity contribution in [1.82, 2.24) is 15.0 Å². The molecular formula is C19H14ClF3N5O+. The van der Waals surface area contributed by atoms with Crippen molar-refractivity contribution in [1.29, 1.82) is 0 Å². The summed E-state index contributed by atoms with van der Waals surface area (Å²) in [5, 5.41) is 1.76. The fourth-order valence-corrected chi connectivity index (χ4v) is 3.45. The molecule has 148 valence electrons. The largest absolute Gasteiger partial charge is 0.433 e. The highest BCUT2D eigenvalue weighted by molar-refractivity contribution is 6.42. The summed E-state index contributed by atoms with van der Waals surface area (Å²) in [6, 6.07) is 5.75. The zero-order valence-corrected chi connectivity index (χ0v) is 15.8. The topological polar surface area (TPSA) is 61.5 Å². The van der Waals surface area contributed by atoms with Crippen molar-refractivity contribution in [2.24, 2.45) is 4.99 Å². The van der Waals surface area contributed by atoms with Crippen molar-refractivity contribution < 1.29 is 18.0 Å². The Morgan fingerprint density at radius 2 is 1.93 bits per heavy atom. The number of aliphatic imine (C=N–C) groups is 1. The normalized spacial score (nSPS) is 18.9. The molecule has 0 bridgehead atoms. The van der Waals surface area contributed by atoms with Crippen LogP contribution in [0.3, 0.4) is 0 Å². The zero-order chi connectivity index (χ0) is 20.8. The molecule has 0 fully saturated rings. The van der Waals surface area contributed by atoms with Crippen molar-refractivity contribution in [2.45, 2.75) is 25.7 Å². The molecular weight excluding hydrogens is 407 g/mol. The van der Waals surface area contributed by atoms with E-state index in [0.717, 1.165) is 11.6 Å². The zero-order valence-electron chi connectivity index (χ0n) is 15.1. The number of nitroso groups, excluding NO2 is 1. The van der Waals surface area contributed by atoms with E-state index >= 15 is 0 Å². The van der Waals surface area contributed by atoms with Gasteiger partial charge in [0.15, 0.2) is 4.87 Å². The molecule has 0 saturated heterocycles. The van der Waals surface area contributed by atoms with Gasteiger partial charge >= 0.3 is 12.3 Å². The number of amidine groups is 1. The molecule has 2 aliphatic rings. The first-order valence-corrected chi connectivity index (χ1v) is 8.99. The second kappa shape index (κ2) is 7.07. The van der Waals surface area contributed by atoms with Crippen LogP contribution >= 0.6 is 11.6 Å². The molecule has 0 saturated carbocycles. The quantitative estimate of drug-likeness (QED) is 0.696. The molecule has 29 heavy (non-hydrogen) atoms. The fourth-order valence-electron chi connectivity index (χ4n) is 3.20. The van der Waals surface area contributed by atoms with Gasteiger partial charge in [-0.05, 0) is 42.3 Å². The van der Waals surface area contributed by atoms with E-state index in [4.69, 9.17) is 11.6 Å². The third-order valence-corrected chi connectivity index (χ3v) is 4.95. The number of halogens is 4. The van der Waals surface area contributed by atoms with Gasteiger partial charge in [-0.2, -0.15) is 18.2 Å². The summed E-state index contributed by atoms with van der Waals surface area (Å²) in [4.78, 5) is 25.5. The lowest BCUT2D eigenvalue weighted by molar-refractivity contribution is -0.689. The SMILES string of the molecule is Cc1nc(C(F)(F)F)ccc1CC1N=C2C(c3ccncc3)=C(Cl)C=CN2[N+]1=O. The Kier molecular flexibility index (Phi) is 4.70. The molecule has 0 radical (unpaired) electrons. The van der Waals surface area contributed by atoms with Gasteiger partial charge in [0, 0.05) is 23.7 Å². The lowest BCUT2D eigenvalue weighted by Gasteiger charge is -2.15.